The zero-order valence-electron chi connectivity index (χ0n) is 16.4. The maximum atomic E-state index is 12.1. The van der Waals surface area contributed by atoms with E-state index in [0.717, 1.165) is 54.3 Å². The maximum Gasteiger partial charge on any atom is 0.236 e. The minimum absolute atomic E-state index is 0.159. The van der Waals surface area contributed by atoms with Crippen LogP contribution in [0.4, 0.5) is 0 Å². The van der Waals surface area contributed by atoms with E-state index in [9.17, 15) is 4.79 Å². The summed E-state index contributed by atoms with van der Waals surface area (Å²) in [4.78, 5) is 20.8. The van der Waals surface area contributed by atoms with Gasteiger partial charge in [-0.15, -0.1) is 0 Å². The molecule has 0 spiro atoms. The summed E-state index contributed by atoms with van der Waals surface area (Å²) in [6.45, 7) is 4.41. The number of piperidine rings is 1. The van der Waals surface area contributed by atoms with Crippen LogP contribution in [0.3, 0.4) is 0 Å². The van der Waals surface area contributed by atoms with Gasteiger partial charge in [0.2, 0.25) is 5.91 Å². The van der Waals surface area contributed by atoms with Crippen molar-refractivity contribution in [3.05, 3.63) is 63.9 Å². The topological polar surface area (TPSA) is 36.4 Å². The summed E-state index contributed by atoms with van der Waals surface area (Å²) in [5, 5.41) is 0.805. The van der Waals surface area contributed by atoms with Crippen molar-refractivity contribution in [3.8, 4) is 0 Å². The Morgan fingerprint density at radius 3 is 2.81 bits per heavy atom. The quantitative estimate of drug-likeness (QED) is 0.783. The summed E-state index contributed by atoms with van der Waals surface area (Å²) in [5.74, 6) is 0.533. The molecule has 27 heavy (non-hydrogen) atoms. The predicted octanol–water partition coefficient (Wildman–Crippen LogP) is 3.90. The maximum absolute atomic E-state index is 12.1. The van der Waals surface area contributed by atoms with Gasteiger partial charge in [0, 0.05) is 43.0 Å². The van der Waals surface area contributed by atoms with Crippen molar-refractivity contribution >= 4 is 17.5 Å². The summed E-state index contributed by atoms with van der Waals surface area (Å²) in [6.07, 6.45) is 3.03. The molecular weight excluding hydrogens is 358 g/mol. The Hall–Kier alpha value is -1.91. The van der Waals surface area contributed by atoms with E-state index in [-0.39, 0.29) is 5.91 Å². The molecule has 1 aromatic carbocycles. The van der Waals surface area contributed by atoms with Crippen LogP contribution in [0.1, 0.15) is 41.3 Å². The van der Waals surface area contributed by atoms with Gasteiger partial charge in [0.25, 0.3) is 0 Å². The van der Waals surface area contributed by atoms with E-state index in [1.54, 1.807) is 4.90 Å². The van der Waals surface area contributed by atoms with Crippen molar-refractivity contribution < 1.29 is 4.79 Å². The molecule has 0 radical (unpaired) electrons. The second-order valence-corrected chi connectivity index (χ2v) is 8.08. The van der Waals surface area contributed by atoms with E-state index in [0.29, 0.717) is 12.5 Å². The van der Waals surface area contributed by atoms with Crippen LogP contribution in [0.2, 0.25) is 5.02 Å². The molecule has 1 fully saturated rings. The molecule has 1 aliphatic heterocycles. The second-order valence-electron chi connectivity index (χ2n) is 7.67. The van der Waals surface area contributed by atoms with Gasteiger partial charge >= 0.3 is 0 Å². The van der Waals surface area contributed by atoms with Crippen molar-refractivity contribution in [2.24, 2.45) is 0 Å². The first-order valence-corrected chi connectivity index (χ1v) is 9.93. The van der Waals surface area contributed by atoms with E-state index in [1.165, 1.54) is 5.56 Å². The highest BCUT2D eigenvalue weighted by Crippen LogP contribution is 2.28. The molecule has 0 unspecified atom stereocenters. The fourth-order valence-corrected chi connectivity index (χ4v) is 3.92. The number of carbonyl (C=O) groups excluding carboxylic acids is 1. The summed E-state index contributed by atoms with van der Waals surface area (Å²) in [6, 6.07) is 12.4. The Bertz CT molecular complexity index is 806. The van der Waals surface area contributed by atoms with Gasteiger partial charge in [-0.05, 0) is 62.1 Å². The minimum atomic E-state index is 0.159. The van der Waals surface area contributed by atoms with Gasteiger partial charge < -0.3 is 4.90 Å². The van der Waals surface area contributed by atoms with Crippen LogP contribution in [0.25, 0.3) is 0 Å². The van der Waals surface area contributed by atoms with Crippen LogP contribution in [-0.2, 0) is 11.2 Å². The van der Waals surface area contributed by atoms with Crippen LogP contribution >= 0.6 is 11.6 Å². The van der Waals surface area contributed by atoms with Crippen LogP contribution in [0.15, 0.2) is 36.4 Å². The monoisotopic (exact) mass is 385 g/mol. The standard InChI is InChI=1S/C22H28ClN3O/c1-16-11-17(12-18-7-4-5-9-20(18)23)13-21(24-16)19-8-6-10-26(14-19)15-22(27)25(2)3/h4-5,7,9,11,13,19H,6,8,10,12,14-15H2,1-3H3/t19-/m0/s1. The number of nitrogens with zero attached hydrogens (tertiary/aromatic N) is 3. The molecule has 1 aromatic heterocycles. The number of benzene rings is 1. The number of aryl methyl sites for hydroxylation is 1. The summed E-state index contributed by atoms with van der Waals surface area (Å²) < 4.78 is 0. The molecule has 1 atom stereocenters. The number of carbonyl (C=O) groups is 1. The molecule has 0 saturated carbocycles. The molecule has 4 nitrogen and oxygen atoms in total. The summed E-state index contributed by atoms with van der Waals surface area (Å²) >= 11 is 6.34. The molecule has 5 heteroatoms. The first kappa shape index (κ1) is 19.8. The average molecular weight is 386 g/mol. The Labute approximate surface area is 167 Å². The number of hydrogen-bond donors (Lipinski definition) is 0. The number of likely N-dealkylation sites (tertiary alicyclic amines) is 1. The SMILES string of the molecule is Cc1cc(Cc2ccccc2Cl)cc([C@H]2CCCN(CC(=O)N(C)C)C2)n1. The van der Waals surface area contributed by atoms with Gasteiger partial charge in [-0.1, -0.05) is 29.8 Å². The number of pyridine rings is 1. The first-order valence-electron chi connectivity index (χ1n) is 9.55. The lowest BCUT2D eigenvalue weighted by Crippen LogP contribution is -2.41. The molecule has 1 amide bonds. The molecule has 0 aliphatic carbocycles. The smallest absolute Gasteiger partial charge is 0.236 e. The van der Waals surface area contributed by atoms with Gasteiger partial charge in [0.05, 0.1) is 6.54 Å². The number of aromatic nitrogens is 1. The average Bonchev–Trinajstić information content (AvgIpc) is 2.63. The molecule has 0 N–H and O–H groups in total. The third-order valence-electron chi connectivity index (χ3n) is 5.17. The van der Waals surface area contributed by atoms with Crippen molar-refractivity contribution in [1.29, 1.82) is 0 Å². The summed E-state index contributed by atoms with van der Waals surface area (Å²) in [7, 11) is 3.62. The normalized spacial score (nSPS) is 17.7. The van der Waals surface area contributed by atoms with Crippen LogP contribution in [0, 0.1) is 6.92 Å². The molecule has 1 aliphatic rings. The van der Waals surface area contributed by atoms with E-state index >= 15 is 0 Å². The molecule has 2 aromatic rings. The molecule has 144 valence electrons. The Kier molecular flexibility index (Phi) is 6.51. The highest BCUT2D eigenvalue weighted by atomic mass is 35.5. The molecule has 3 rings (SSSR count). The Morgan fingerprint density at radius 2 is 2.07 bits per heavy atom. The van der Waals surface area contributed by atoms with Gasteiger partial charge in [-0.25, -0.2) is 0 Å². The third kappa shape index (κ3) is 5.30. The van der Waals surface area contributed by atoms with Crippen molar-refractivity contribution in [2.45, 2.75) is 32.1 Å². The van der Waals surface area contributed by atoms with E-state index in [1.807, 2.05) is 32.3 Å². The highest BCUT2D eigenvalue weighted by Gasteiger charge is 2.24. The minimum Gasteiger partial charge on any atom is -0.348 e. The highest BCUT2D eigenvalue weighted by molar-refractivity contribution is 6.31. The lowest BCUT2D eigenvalue weighted by atomic mass is 9.92. The fourth-order valence-electron chi connectivity index (χ4n) is 3.71. The second kappa shape index (κ2) is 8.85. The fraction of sp³-hybridized carbons (Fsp3) is 0.455. The molecular formula is C22H28ClN3O. The Balaban J connectivity index is 1.75. The zero-order chi connectivity index (χ0) is 19.4. The van der Waals surface area contributed by atoms with E-state index < -0.39 is 0 Å². The van der Waals surface area contributed by atoms with E-state index in [2.05, 4.69) is 30.0 Å². The predicted molar refractivity (Wildman–Crippen MR) is 110 cm³/mol. The van der Waals surface area contributed by atoms with Crippen molar-refractivity contribution in [1.82, 2.24) is 14.8 Å². The van der Waals surface area contributed by atoms with Crippen LogP contribution in [0.5, 0.6) is 0 Å². The lowest BCUT2D eigenvalue weighted by molar-refractivity contribution is -0.130. The van der Waals surface area contributed by atoms with Crippen LogP contribution in [-0.4, -0.2) is 54.4 Å². The molecule has 0 bridgehead atoms. The largest absolute Gasteiger partial charge is 0.348 e. The number of hydrogen-bond acceptors (Lipinski definition) is 3. The molecule has 1 saturated heterocycles. The van der Waals surface area contributed by atoms with Crippen LogP contribution < -0.4 is 0 Å². The number of rotatable bonds is 5. The number of halogens is 1. The lowest BCUT2D eigenvalue weighted by Gasteiger charge is -2.32. The Morgan fingerprint density at radius 1 is 1.30 bits per heavy atom. The van der Waals surface area contributed by atoms with Crippen molar-refractivity contribution in [3.63, 3.8) is 0 Å². The van der Waals surface area contributed by atoms with Crippen molar-refractivity contribution in [2.75, 3.05) is 33.7 Å². The van der Waals surface area contributed by atoms with E-state index in [4.69, 9.17) is 16.6 Å². The van der Waals surface area contributed by atoms with Gasteiger partial charge in [0.15, 0.2) is 0 Å². The third-order valence-corrected chi connectivity index (χ3v) is 5.54. The van der Waals surface area contributed by atoms with Gasteiger partial charge in [0.1, 0.15) is 0 Å². The van der Waals surface area contributed by atoms with Gasteiger partial charge in [-0.3, -0.25) is 14.7 Å². The number of likely N-dealkylation sites (N-methyl/N-ethyl adjacent to an activating group) is 1. The zero-order valence-corrected chi connectivity index (χ0v) is 17.2. The number of amides is 1. The molecule has 2 heterocycles. The summed E-state index contributed by atoms with van der Waals surface area (Å²) in [5.41, 5.74) is 4.56. The first-order chi connectivity index (χ1) is 12.9. The van der Waals surface area contributed by atoms with Gasteiger partial charge in [-0.2, -0.15) is 0 Å².